The van der Waals surface area contributed by atoms with Gasteiger partial charge in [0.05, 0.1) is 34.5 Å². The van der Waals surface area contributed by atoms with Gasteiger partial charge in [-0.05, 0) is 29.8 Å². The summed E-state index contributed by atoms with van der Waals surface area (Å²) in [5.74, 6) is -0.850. The van der Waals surface area contributed by atoms with Crippen LogP contribution in [-0.2, 0) is 17.5 Å². The normalized spacial score (nSPS) is 11.5. The van der Waals surface area contributed by atoms with E-state index in [0.29, 0.717) is 16.1 Å². The number of nitrogens with zero attached hydrogens (tertiary/aromatic N) is 2. The molecule has 0 atom stereocenters. The Hall–Kier alpha value is -3.59. The summed E-state index contributed by atoms with van der Waals surface area (Å²) in [5.41, 5.74) is -0.133. The smallest absolute Gasteiger partial charge is 0.325 e. The van der Waals surface area contributed by atoms with E-state index >= 15 is 0 Å². The van der Waals surface area contributed by atoms with Gasteiger partial charge in [0.25, 0.3) is 5.56 Å². The van der Waals surface area contributed by atoms with Gasteiger partial charge < -0.3 is 5.32 Å². The molecule has 1 aromatic heterocycles. The summed E-state index contributed by atoms with van der Waals surface area (Å²) in [7, 11) is 0. The molecule has 4 rings (SSSR count). The van der Waals surface area contributed by atoms with Gasteiger partial charge in [0.15, 0.2) is 5.16 Å². The van der Waals surface area contributed by atoms with Gasteiger partial charge in [0.1, 0.15) is 0 Å². The van der Waals surface area contributed by atoms with E-state index in [1.807, 2.05) is 30.3 Å². The Morgan fingerprint density at radius 1 is 0.939 bits per heavy atom. The summed E-state index contributed by atoms with van der Waals surface area (Å²) < 4.78 is 41.1. The maximum Gasteiger partial charge on any atom is 0.418 e. The van der Waals surface area contributed by atoms with E-state index in [1.54, 1.807) is 24.3 Å². The molecule has 0 bridgehead atoms. The Morgan fingerprint density at radius 2 is 1.61 bits per heavy atom. The van der Waals surface area contributed by atoms with Crippen molar-refractivity contribution in [3.63, 3.8) is 0 Å². The van der Waals surface area contributed by atoms with E-state index in [2.05, 4.69) is 10.3 Å². The topological polar surface area (TPSA) is 64.0 Å². The molecule has 0 fully saturated rings. The maximum atomic E-state index is 13.2. The lowest BCUT2D eigenvalue weighted by molar-refractivity contribution is -0.137. The lowest BCUT2D eigenvalue weighted by Crippen LogP contribution is -2.25. The van der Waals surface area contributed by atoms with E-state index in [-0.39, 0.29) is 23.5 Å². The van der Waals surface area contributed by atoms with Gasteiger partial charge >= 0.3 is 6.18 Å². The van der Waals surface area contributed by atoms with Gasteiger partial charge in [0.2, 0.25) is 5.91 Å². The zero-order chi connectivity index (χ0) is 23.4. The fourth-order valence-corrected chi connectivity index (χ4v) is 4.12. The van der Waals surface area contributed by atoms with Crippen molar-refractivity contribution in [1.82, 2.24) is 9.55 Å². The average Bonchev–Trinajstić information content (AvgIpc) is 2.80. The molecule has 3 aromatic carbocycles. The molecule has 1 heterocycles. The second kappa shape index (κ2) is 9.50. The van der Waals surface area contributed by atoms with Crippen LogP contribution in [0.25, 0.3) is 10.9 Å². The molecule has 5 nitrogen and oxygen atoms in total. The lowest BCUT2D eigenvalue weighted by Gasteiger charge is -2.15. The molecular formula is C24H18F3N3O2S. The molecule has 0 saturated carbocycles. The number of hydrogen-bond donors (Lipinski definition) is 1. The quantitative estimate of drug-likeness (QED) is 0.312. The molecule has 0 aliphatic carbocycles. The lowest BCUT2D eigenvalue weighted by atomic mass is 10.1. The minimum atomic E-state index is -4.59. The first-order valence-electron chi connectivity index (χ1n) is 9.95. The van der Waals surface area contributed by atoms with Gasteiger partial charge in [-0.2, -0.15) is 13.2 Å². The van der Waals surface area contributed by atoms with Crippen molar-refractivity contribution < 1.29 is 18.0 Å². The molecule has 0 spiro atoms. The fraction of sp³-hybridized carbons (Fsp3) is 0.125. The van der Waals surface area contributed by atoms with Crippen molar-refractivity contribution in [3.8, 4) is 0 Å². The molecule has 168 valence electrons. The van der Waals surface area contributed by atoms with Gasteiger partial charge in [-0.25, -0.2) is 4.98 Å². The number of carbonyl (C=O) groups excluding carboxylic acids is 1. The number of rotatable bonds is 6. The van der Waals surface area contributed by atoms with Crippen LogP contribution in [0, 0.1) is 0 Å². The Morgan fingerprint density at radius 3 is 2.36 bits per heavy atom. The highest BCUT2D eigenvalue weighted by atomic mass is 32.2. The third-order valence-corrected chi connectivity index (χ3v) is 5.83. The predicted octanol–water partition coefficient (Wildman–Crippen LogP) is 5.19. The Balaban J connectivity index is 1.60. The van der Waals surface area contributed by atoms with E-state index in [1.165, 1.54) is 22.8 Å². The van der Waals surface area contributed by atoms with Gasteiger partial charge in [-0.15, -0.1) is 0 Å². The van der Waals surface area contributed by atoms with Crippen molar-refractivity contribution in [2.75, 3.05) is 11.1 Å². The van der Waals surface area contributed by atoms with Crippen molar-refractivity contribution in [1.29, 1.82) is 0 Å². The summed E-state index contributed by atoms with van der Waals surface area (Å²) in [6.07, 6.45) is -4.59. The number of hydrogen-bond acceptors (Lipinski definition) is 4. The molecule has 0 radical (unpaired) electrons. The number of fused-ring (bicyclic) bond motifs is 1. The van der Waals surface area contributed by atoms with Crippen LogP contribution in [0.4, 0.5) is 18.9 Å². The molecule has 9 heteroatoms. The molecule has 1 N–H and O–H groups in total. The number of alkyl halides is 3. The highest BCUT2D eigenvalue weighted by Gasteiger charge is 2.33. The van der Waals surface area contributed by atoms with Crippen LogP contribution >= 0.6 is 11.8 Å². The highest BCUT2D eigenvalue weighted by Crippen LogP contribution is 2.34. The molecule has 0 aliphatic rings. The molecule has 33 heavy (non-hydrogen) atoms. The van der Waals surface area contributed by atoms with E-state index in [0.717, 1.165) is 23.4 Å². The third-order valence-electron chi connectivity index (χ3n) is 4.85. The van der Waals surface area contributed by atoms with Gasteiger partial charge in [-0.1, -0.05) is 66.4 Å². The van der Waals surface area contributed by atoms with E-state index < -0.39 is 17.6 Å². The molecular weight excluding hydrogens is 451 g/mol. The Bertz CT molecular complexity index is 1350. The summed E-state index contributed by atoms with van der Waals surface area (Å²) >= 11 is 0.995. The second-order valence-corrected chi connectivity index (χ2v) is 8.11. The summed E-state index contributed by atoms with van der Waals surface area (Å²) in [4.78, 5) is 30.1. The largest absolute Gasteiger partial charge is 0.418 e. The number of nitrogens with one attached hydrogen (secondary N) is 1. The number of benzene rings is 3. The fourth-order valence-electron chi connectivity index (χ4n) is 3.32. The minimum absolute atomic E-state index is 0.217. The molecule has 0 aliphatic heterocycles. The first kappa shape index (κ1) is 22.6. The number of anilines is 1. The molecule has 4 aromatic rings. The molecule has 0 unspecified atom stereocenters. The second-order valence-electron chi connectivity index (χ2n) is 7.17. The summed E-state index contributed by atoms with van der Waals surface area (Å²) in [6, 6.07) is 21.0. The van der Waals surface area contributed by atoms with Crippen LogP contribution in [0.2, 0.25) is 0 Å². The third kappa shape index (κ3) is 5.25. The monoisotopic (exact) mass is 469 g/mol. The first-order valence-corrected chi connectivity index (χ1v) is 10.9. The Kier molecular flexibility index (Phi) is 6.50. The van der Waals surface area contributed by atoms with Crippen molar-refractivity contribution >= 4 is 34.3 Å². The van der Waals surface area contributed by atoms with Crippen molar-refractivity contribution in [2.45, 2.75) is 17.9 Å². The molecule has 1 amide bonds. The van der Waals surface area contributed by atoms with E-state index in [9.17, 15) is 22.8 Å². The number of amides is 1. The zero-order valence-corrected chi connectivity index (χ0v) is 18.0. The van der Waals surface area contributed by atoms with Crippen LogP contribution < -0.4 is 10.9 Å². The highest BCUT2D eigenvalue weighted by molar-refractivity contribution is 7.99. The van der Waals surface area contributed by atoms with Gasteiger partial charge in [-0.3, -0.25) is 14.2 Å². The maximum absolute atomic E-state index is 13.2. The first-order chi connectivity index (χ1) is 15.8. The standard InChI is InChI=1S/C24H18F3N3O2S/c25-24(26,27)18-11-5-7-13-20(18)28-21(31)15-33-23-29-19-12-6-4-10-17(19)22(32)30(23)14-16-8-2-1-3-9-16/h1-13H,14-15H2,(H,28,31). The van der Waals surface area contributed by atoms with Crippen molar-refractivity contribution in [3.05, 3.63) is 100 Å². The number of aromatic nitrogens is 2. The predicted molar refractivity (Wildman–Crippen MR) is 122 cm³/mol. The van der Waals surface area contributed by atoms with Crippen LogP contribution in [0.3, 0.4) is 0 Å². The molecule has 0 saturated heterocycles. The average molecular weight is 469 g/mol. The van der Waals surface area contributed by atoms with E-state index in [4.69, 9.17) is 0 Å². The number of halogens is 3. The van der Waals surface area contributed by atoms with Crippen LogP contribution in [0.1, 0.15) is 11.1 Å². The minimum Gasteiger partial charge on any atom is -0.325 e. The summed E-state index contributed by atoms with van der Waals surface area (Å²) in [6.45, 7) is 0.248. The number of thioether (sulfide) groups is 1. The zero-order valence-electron chi connectivity index (χ0n) is 17.2. The van der Waals surface area contributed by atoms with Crippen LogP contribution in [0.5, 0.6) is 0 Å². The number of carbonyl (C=O) groups is 1. The Labute approximate surface area is 191 Å². The number of para-hydroxylation sites is 2. The van der Waals surface area contributed by atoms with Gasteiger partial charge in [0, 0.05) is 0 Å². The summed E-state index contributed by atoms with van der Waals surface area (Å²) in [5, 5.41) is 3.07. The van der Waals surface area contributed by atoms with Crippen LogP contribution in [-0.4, -0.2) is 21.2 Å². The van der Waals surface area contributed by atoms with Crippen molar-refractivity contribution in [2.24, 2.45) is 0 Å². The van der Waals surface area contributed by atoms with Crippen LogP contribution in [0.15, 0.2) is 88.8 Å². The SMILES string of the molecule is O=C(CSc1nc2ccccc2c(=O)n1Cc1ccccc1)Nc1ccccc1C(F)(F)F.